The summed E-state index contributed by atoms with van der Waals surface area (Å²) >= 11 is 0. The van der Waals surface area contributed by atoms with Crippen LogP contribution in [-0.2, 0) is 0 Å². The predicted octanol–water partition coefficient (Wildman–Crippen LogP) is 2.49. The molecule has 5 nitrogen and oxygen atoms in total. The largest absolute Gasteiger partial charge is 0.496 e. The highest BCUT2D eigenvalue weighted by Crippen LogP contribution is 2.23. The standard InChI is InChI=1S/C14H20N4O/c1-9(2)16-11(4)17-14(15)18-12-6-7-13(19-5)10(3)8-12/h6-8H,1H2,2-5H3,(H3,15,16,17,18). The average molecular weight is 260 g/mol. The third-order valence-corrected chi connectivity index (χ3v) is 2.30. The summed E-state index contributed by atoms with van der Waals surface area (Å²) in [5, 5.41) is 2.96. The molecule has 0 atom stereocenters. The van der Waals surface area contributed by atoms with Gasteiger partial charge in [0, 0.05) is 5.70 Å². The minimum atomic E-state index is 0.191. The maximum Gasteiger partial charge on any atom is 0.222 e. The predicted molar refractivity (Wildman–Crippen MR) is 80.1 cm³/mol. The molecule has 5 heteroatoms. The molecule has 19 heavy (non-hydrogen) atoms. The van der Waals surface area contributed by atoms with E-state index in [1.165, 1.54) is 0 Å². The topological polar surface area (TPSA) is 72.0 Å². The monoisotopic (exact) mass is 260 g/mol. The van der Waals surface area contributed by atoms with Crippen LogP contribution in [0.2, 0.25) is 0 Å². The number of aryl methyl sites for hydroxylation is 1. The Balaban J connectivity index is 2.90. The second-order valence-corrected chi connectivity index (χ2v) is 4.23. The van der Waals surface area contributed by atoms with Crippen LogP contribution in [0.15, 0.2) is 40.5 Å². The number of nitrogens with one attached hydrogen (secondary N) is 1. The van der Waals surface area contributed by atoms with Crippen molar-refractivity contribution in [2.75, 3.05) is 7.11 Å². The zero-order chi connectivity index (χ0) is 14.4. The number of hydrogen-bond donors (Lipinski definition) is 2. The highest BCUT2D eigenvalue weighted by atomic mass is 16.5. The molecule has 0 spiro atoms. The molecule has 0 aliphatic rings. The van der Waals surface area contributed by atoms with Crippen LogP contribution in [0.25, 0.3) is 0 Å². The van der Waals surface area contributed by atoms with Gasteiger partial charge in [0.1, 0.15) is 11.6 Å². The first kappa shape index (κ1) is 14.8. The Morgan fingerprint density at radius 2 is 2.05 bits per heavy atom. The van der Waals surface area contributed by atoms with Crippen molar-refractivity contribution in [1.29, 1.82) is 0 Å². The Morgan fingerprint density at radius 1 is 1.37 bits per heavy atom. The molecule has 1 aromatic carbocycles. The number of rotatable bonds is 3. The molecule has 0 aliphatic carbocycles. The average Bonchev–Trinajstić information content (AvgIpc) is 2.27. The highest BCUT2D eigenvalue weighted by Gasteiger charge is 2.00. The van der Waals surface area contributed by atoms with Crippen molar-refractivity contribution >= 4 is 17.5 Å². The Hall–Kier alpha value is -2.30. The minimum absolute atomic E-state index is 0.191. The summed E-state index contributed by atoms with van der Waals surface area (Å²) in [5.41, 5.74) is 8.30. The van der Waals surface area contributed by atoms with Gasteiger partial charge < -0.3 is 15.8 Å². The van der Waals surface area contributed by atoms with Gasteiger partial charge in [-0.15, -0.1) is 0 Å². The Labute approximate surface area is 113 Å². The number of ether oxygens (including phenoxy) is 1. The van der Waals surface area contributed by atoms with Crippen molar-refractivity contribution in [1.82, 2.24) is 5.32 Å². The van der Waals surface area contributed by atoms with Gasteiger partial charge in [0.05, 0.1) is 12.8 Å². The van der Waals surface area contributed by atoms with Crippen LogP contribution >= 0.6 is 0 Å². The normalized spacial score (nSPS) is 12.2. The van der Waals surface area contributed by atoms with Crippen LogP contribution < -0.4 is 15.8 Å². The van der Waals surface area contributed by atoms with Gasteiger partial charge in [-0.2, -0.15) is 0 Å². The second kappa shape index (κ2) is 6.58. The number of allylic oxidation sites excluding steroid dienone is 1. The number of nitrogens with two attached hydrogens (primary N) is 1. The highest BCUT2D eigenvalue weighted by molar-refractivity contribution is 5.95. The summed E-state index contributed by atoms with van der Waals surface area (Å²) in [4.78, 5) is 8.35. The number of benzene rings is 1. The van der Waals surface area contributed by atoms with E-state index in [9.17, 15) is 0 Å². The number of methoxy groups -OCH3 is 1. The summed E-state index contributed by atoms with van der Waals surface area (Å²) < 4.78 is 5.19. The van der Waals surface area contributed by atoms with Gasteiger partial charge in [-0.3, -0.25) is 0 Å². The molecule has 0 radical (unpaired) electrons. The van der Waals surface area contributed by atoms with E-state index >= 15 is 0 Å². The molecule has 0 saturated carbocycles. The molecule has 1 aromatic rings. The fourth-order valence-electron chi connectivity index (χ4n) is 1.60. The first-order valence-corrected chi connectivity index (χ1v) is 5.89. The van der Waals surface area contributed by atoms with Gasteiger partial charge in [-0.25, -0.2) is 9.98 Å². The lowest BCUT2D eigenvalue weighted by Crippen LogP contribution is -2.21. The minimum Gasteiger partial charge on any atom is -0.496 e. The molecule has 1 rings (SSSR count). The number of nitrogens with zero attached hydrogens (tertiary/aromatic N) is 2. The van der Waals surface area contributed by atoms with Gasteiger partial charge in [-0.05, 0) is 44.5 Å². The quantitative estimate of drug-likeness (QED) is 0.648. The molecule has 0 aromatic heterocycles. The van der Waals surface area contributed by atoms with Crippen molar-refractivity contribution in [3.05, 3.63) is 36.0 Å². The van der Waals surface area contributed by atoms with Crippen LogP contribution in [0.1, 0.15) is 19.4 Å². The van der Waals surface area contributed by atoms with Gasteiger partial charge >= 0.3 is 0 Å². The Kier molecular flexibility index (Phi) is 5.11. The molecule has 0 fully saturated rings. The molecule has 0 heterocycles. The van der Waals surface area contributed by atoms with Crippen molar-refractivity contribution in [3.8, 4) is 5.75 Å². The zero-order valence-corrected chi connectivity index (χ0v) is 11.8. The van der Waals surface area contributed by atoms with E-state index in [0.717, 1.165) is 22.7 Å². The van der Waals surface area contributed by atoms with Gasteiger partial charge in [0.15, 0.2) is 0 Å². The summed E-state index contributed by atoms with van der Waals surface area (Å²) in [5.74, 6) is 1.66. The lowest BCUT2D eigenvalue weighted by atomic mass is 10.2. The summed E-state index contributed by atoms with van der Waals surface area (Å²) in [6, 6.07) is 5.57. The maximum atomic E-state index is 5.76. The molecular weight excluding hydrogens is 240 g/mol. The van der Waals surface area contributed by atoms with Crippen molar-refractivity contribution in [2.45, 2.75) is 20.8 Å². The van der Waals surface area contributed by atoms with E-state index in [1.807, 2.05) is 32.0 Å². The van der Waals surface area contributed by atoms with E-state index in [-0.39, 0.29) is 5.96 Å². The molecular formula is C14H20N4O. The first-order chi connectivity index (χ1) is 8.92. The van der Waals surface area contributed by atoms with Crippen molar-refractivity contribution in [3.63, 3.8) is 0 Å². The SMILES string of the molecule is C=C(C)NC(C)=NC(N)=Nc1ccc(OC)c(C)c1. The molecule has 0 amide bonds. The van der Waals surface area contributed by atoms with E-state index < -0.39 is 0 Å². The molecule has 0 bridgehead atoms. The summed E-state index contributed by atoms with van der Waals surface area (Å²) in [7, 11) is 1.64. The van der Waals surface area contributed by atoms with Crippen molar-refractivity contribution < 1.29 is 4.74 Å². The maximum absolute atomic E-state index is 5.76. The van der Waals surface area contributed by atoms with Gasteiger partial charge in [0.2, 0.25) is 5.96 Å². The fourth-order valence-corrected chi connectivity index (χ4v) is 1.60. The van der Waals surface area contributed by atoms with Crippen molar-refractivity contribution in [2.24, 2.45) is 15.7 Å². The smallest absolute Gasteiger partial charge is 0.222 e. The summed E-state index contributed by atoms with van der Waals surface area (Å²) in [6.45, 7) is 9.33. The number of amidine groups is 1. The van der Waals surface area contributed by atoms with E-state index in [4.69, 9.17) is 10.5 Å². The molecule has 0 unspecified atom stereocenters. The lowest BCUT2D eigenvalue weighted by molar-refractivity contribution is 0.412. The molecule has 102 valence electrons. The van der Waals surface area contributed by atoms with E-state index in [2.05, 4.69) is 21.9 Å². The van der Waals surface area contributed by atoms with Gasteiger partial charge in [0.25, 0.3) is 0 Å². The lowest BCUT2D eigenvalue weighted by Gasteiger charge is -2.05. The van der Waals surface area contributed by atoms with E-state index in [0.29, 0.717) is 5.84 Å². The molecule has 3 N–H and O–H groups in total. The third-order valence-electron chi connectivity index (χ3n) is 2.30. The molecule has 0 aliphatic heterocycles. The number of hydrogen-bond acceptors (Lipinski definition) is 2. The Morgan fingerprint density at radius 3 is 2.58 bits per heavy atom. The summed E-state index contributed by atoms with van der Waals surface area (Å²) in [6.07, 6.45) is 0. The van der Waals surface area contributed by atoms with Crippen LogP contribution in [0.5, 0.6) is 5.75 Å². The zero-order valence-electron chi connectivity index (χ0n) is 11.8. The fraction of sp³-hybridized carbons (Fsp3) is 0.286. The Bertz CT molecular complexity index is 532. The number of guanidine groups is 1. The van der Waals surface area contributed by atoms with Crippen LogP contribution in [0, 0.1) is 6.92 Å². The van der Waals surface area contributed by atoms with Crippen LogP contribution in [0.3, 0.4) is 0 Å². The first-order valence-electron chi connectivity index (χ1n) is 5.89. The van der Waals surface area contributed by atoms with Crippen LogP contribution in [-0.4, -0.2) is 18.9 Å². The van der Waals surface area contributed by atoms with Crippen LogP contribution in [0.4, 0.5) is 5.69 Å². The molecule has 0 saturated heterocycles. The van der Waals surface area contributed by atoms with Gasteiger partial charge in [-0.1, -0.05) is 6.58 Å². The third kappa shape index (κ3) is 4.83. The second-order valence-electron chi connectivity index (χ2n) is 4.23. The number of aliphatic imine (C=N–C) groups is 2. The van der Waals surface area contributed by atoms with E-state index in [1.54, 1.807) is 14.0 Å².